The van der Waals surface area contributed by atoms with Gasteiger partial charge in [-0.1, -0.05) is 178 Å². The normalized spacial score (nSPS) is 37.1. The van der Waals surface area contributed by atoms with Crippen LogP contribution in [-0.2, 0) is 0 Å². The molecule has 16 aliphatic rings. The Morgan fingerprint density at radius 3 is 0.803 bits per heavy atom. The average molecular weight is 1710 g/mol. The monoisotopic (exact) mass is 1710 g/mol. The van der Waals surface area contributed by atoms with Crippen LogP contribution in [0, 0.1) is 82.6 Å². The Balaban J connectivity index is 0.000000103. The lowest BCUT2D eigenvalue weighted by atomic mass is 9.91. The SMILES string of the molecule is C[C@@H]1[C@H](O)C(O)[C@@]2(N3C=C(c4ccc(F)cc4)C4C(Nc5ccccc5)=NC=NC43)C[C@@H]12.C[C@@H]1[C@H](O)C(O)[C@@]2(N3C=C(c4ccccc4)C4C(Nc5ccc(F)cc5)=NC=NC43)C[C@@H]12.C[C@@H]1[C@H](O)C(O)[C@@]2(N3C=C(c4ccccc4)C4C(Nc5ccccc5)=NC=NC43)C[C@@H]12.OC[C@@H]1[C@H](O)C(O)[C@@]2(N3C=C(c4ccccc4)C4C(Nc5ccccc5)=NC=NC43)C[C@@H]12. The van der Waals surface area contributed by atoms with Crippen LogP contribution in [0.1, 0.15) is 68.7 Å². The molecule has 0 saturated heterocycles. The molecule has 8 fully saturated rings. The molecule has 650 valence electrons. The number of anilines is 4. The zero-order valence-electron chi connectivity index (χ0n) is 70.1. The highest BCUT2D eigenvalue weighted by Gasteiger charge is 2.78. The summed E-state index contributed by atoms with van der Waals surface area (Å²) in [7, 11) is 0. The predicted molar refractivity (Wildman–Crippen MR) is 488 cm³/mol. The summed E-state index contributed by atoms with van der Waals surface area (Å²) in [6.45, 7) is 5.92. The van der Waals surface area contributed by atoms with E-state index < -0.39 is 71.0 Å². The molecule has 24 rings (SSSR count). The molecule has 25 nitrogen and oxygen atoms in total. The van der Waals surface area contributed by atoms with Gasteiger partial charge in [0.05, 0.1) is 70.2 Å². The van der Waals surface area contributed by atoms with Crippen molar-refractivity contribution in [2.24, 2.45) is 111 Å². The molecule has 13 N–H and O–H groups in total. The lowest BCUT2D eigenvalue weighted by Gasteiger charge is -2.37. The van der Waals surface area contributed by atoms with Gasteiger partial charge in [-0.05, 0) is 184 Å². The van der Waals surface area contributed by atoms with Gasteiger partial charge in [0, 0.05) is 60.1 Å². The number of halogens is 2. The first-order valence-corrected chi connectivity index (χ1v) is 44.1. The lowest BCUT2D eigenvalue weighted by molar-refractivity contribution is -0.0415. The average Bonchev–Trinajstić information content (AvgIpc) is 1.52. The van der Waals surface area contributed by atoms with Crippen LogP contribution >= 0.6 is 0 Å². The fourth-order valence-corrected chi connectivity index (χ4v) is 23.7. The highest BCUT2D eigenvalue weighted by Crippen LogP contribution is 2.69. The van der Waals surface area contributed by atoms with Crippen molar-refractivity contribution in [2.75, 3.05) is 27.9 Å². The number of nitrogens with zero attached hydrogens (tertiary/aromatic N) is 12. The lowest BCUT2D eigenvalue weighted by Crippen LogP contribution is -2.51. The number of fused-ring (bicyclic) bond motifs is 8. The number of amidine groups is 4. The van der Waals surface area contributed by atoms with Crippen molar-refractivity contribution in [1.29, 1.82) is 0 Å². The van der Waals surface area contributed by atoms with Crippen LogP contribution in [0.5, 0.6) is 0 Å². The van der Waals surface area contributed by atoms with E-state index >= 15 is 0 Å². The van der Waals surface area contributed by atoms with Crippen molar-refractivity contribution in [3.8, 4) is 0 Å². The topological polar surface area (TPSA) is 342 Å². The van der Waals surface area contributed by atoms with Gasteiger partial charge in [-0.25, -0.2) is 48.7 Å². The quantitative estimate of drug-likeness (QED) is 0.0510. The summed E-state index contributed by atoms with van der Waals surface area (Å²) in [5.74, 6) is 2.48. The van der Waals surface area contributed by atoms with E-state index in [2.05, 4.69) is 116 Å². The van der Waals surface area contributed by atoms with Crippen molar-refractivity contribution < 1.29 is 54.7 Å². The minimum absolute atomic E-state index is 0.0230. The fraction of sp³-hybridized carbons (Fsp3) is 0.360. The summed E-state index contributed by atoms with van der Waals surface area (Å²) >= 11 is 0. The second-order valence-corrected chi connectivity index (χ2v) is 36.7. The molecule has 0 spiro atoms. The molecule has 8 saturated carbocycles. The van der Waals surface area contributed by atoms with Crippen molar-refractivity contribution in [2.45, 2.75) is 142 Å². The van der Waals surface area contributed by atoms with Gasteiger partial charge in [0.25, 0.3) is 0 Å². The number of para-hydroxylation sites is 3. The van der Waals surface area contributed by atoms with E-state index in [4.69, 9.17) is 20.0 Å². The number of benzene rings is 8. The molecule has 8 heterocycles. The third-order valence-electron chi connectivity index (χ3n) is 30.5. The number of aliphatic hydroxyl groups is 9. The molecule has 12 unspecified atom stereocenters. The maximum absolute atomic E-state index is 13.6. The predicted octanol–water partition coefficient (Wildman–Crippen LogP) is 11.1. The number of rotatable bonds is 13. The van der Waals surface area contributed by atoms with E-state index in [-0.39, 0.29) is 114 Å². The van der Waals surface area contributed by atoms with E-state index in [0.717, 1.165) is 116 Å². The Kier molecular flexibility index (Phi) is 20.7. The second-order valence-electron chi connectivity index (χ2n) is 36.7. The molecule has 8 aromatic rings. The van der Waals surface area contributed by atoms with Gasteiger partial charge < -0.3 is 86.8 Å². The molecular weight excluding hydrogens is 1610 g/mol. The summed E-state index contributed by atoms with van der Waals surface area (Å²) in [5.41, 5.74) is 9.86. The number of nitrogens with one attached hydrogen (secondary N) is 4. The zero-order chi connectivity index (χ0) is 87.1. The molecule has 0 amide bonds. The van der Waals surface area contributed by atoms with Gasteiger partial charge in [0.15, 0.2) is 0 Å². The van der Waals surface area contributed by atoms with E-state index in [1.807, 2.05) is 173 Å². The summed E-state index contributed by atoms with van der Waals surface area (Å²) < 4.78 is 27.0. The van der Waals surface area contributed by atoms with Crippen LogP contribution < -0.4 is 21.3 Å². The first-order chi connectivity index (χ1) is 61.8. The van der Waals surface area contributed by atoms with Crippen molar-refractivity contribution in [1.82, 2.24) is 19.6 Å². The minimum atomic E-state index is -0.936. The van der Waals surface area contributed by atoms with Gasteiger partial charge in [-0.3, -0.25) is 0 Å². The van der Waals surface area contributed by atoms with Crippen molar-refractivity contribution >= 4 is 93.7 Å². The molecule has 0 bridgehead atoms. The fourth-order valence-electron chi connectivity index (χ4n) is 23.7. The summed E-state index contributed by atoms with van der Waals surface area (Å²) in [6.07, 6.45) is 10.4. The number of hydrogen-bond donors (Lipinski definition) is 13. The molecule has 8 aliphatic carbocycles. The maximum Gasteiger partial charge on any atom is 0.137 e. The molecule has 0 aromatic heterocycles. The first-order valence-electron chi connectivity index (χ1n) is 44.1. The van der Waals surface area contributed by atoms with Crippen LogP contribution in [0.15, 0.2) is 295 Å². The molecule has 0 radical (unpaired) electrons. The van der Waals surface area contributed by atoms with Gasteiger partial charge in [0.1, 0.15) is 109 Å². The standard InChI is InChI=1S/2C25H25FN4O2.C25H26N4O3.C25H26N4O2/c1-14-19-11-25(19,22(32)21(14)31)30-12-18(15-7-9-16(26)10-8-15)20-23(27-13-28-24(20)30)29-17-5-3-2-4-6-17;1-14-19-11-25(19,22(32)21(14)31)30-12-18(15-5-3-2-4-6-15)20-23(27-13-28-24(20)30)29-17-9-7-16(26)8-10-17;30-13-18-19-11-25(19,22(32)21(18)31)29-12-17(15-7-3-1-4-8-15)20-23(26-14-27-24(20)29)28-16-9-5-2-6-10-16;1-15-19-12-25(19,22(31)21(15)30)29-13-18(16-8-4-2-5-9-16)20-23(26-14-27-24(20)29)28-17-10-6-3-7-11-17/h2*2-10,12-14,19-22,24,31-32H,11H2,1H3,(H,27,28,29);1-10,12,14,18-22,24,30-32H,11,13H2,(H,26,27,28);2-11,13-15,19-22,24,30-31H,12H2,1H3,(H,26,27,28)/t2*14-,19-,20?,21-,22?,24?,25+;18-,19-,20?,21-,22?,24?,25+;15-,19-,20?,21-,22?,24?,25+/m0000/s1. The van der Waals surface area contributed by atoms with Gasteiger partial charge >= 0.3 is 0 Å². The van der Waals surface area contributed by atoms with Crippen LogP contribution in [-0.4, -0.2) is 217 Å². The molecule has 127 heavy (non-hydrogen) atoms. The van der Waals surface area contributed by atoms with Gasteiger partial charge in [-0.2, -0.15) is 0 Å². The highest BCUT2D eigenvalue weighted by atomic mass is 19.1. The zero-order valence-corrected chi connectivity index (χ0v) is 70.1. The summed E-state index contributed by atoms with van der Waals surface area (Å²) in [4.78, 5) is 45.9. The largest absolute Gasteiger partial charge is 0.396 e. The van der Waals surface area contributed by atoms with E-state index in [1.165, 1.54) is 24.3 Å². The Morgan fingerprint density at radius 1 is 0.307 bits per heavy atom. The van der Waals surface area contributed by atoms with E-state index in [1.54, 1.807) is 49.6 Å². The summed E-state index contributed by atoms with van der Waals surface area (Å²) in [6, 6.07) is 73.0. The van der Waals surface area contributed by atoms with Crippen molar-refractivity contribution in [3.05, 3.63) is 289 Å². The Morgan fingerprint density at radius 2 is 0.543 bits per heavy atom. The van der Waals surface area contributed by atoms with Crippen LogP contribution in [0.25, 0.3) is 22.3 Å². The van der Waals surface area contributed by atoms with Crippen LogP contribution in [0.2, 0.25) is 0 Å². The minimum Gasteiger partial charge on any atom is -0.396 e. The first kappa shape index (κ1) is 82.0. The smallest absolute Gasteiger partial charge is 0.137 e. The molecular formula is C100H102F2N16O9. The van der Waals surface area contributed by atoms with Crippen LogP contribution in [0.3, 0.4) is 0 Å². The Labute approximate surface area is 734 Å². The number of hydrogen-bond acceptors (Lipinski definition) is 25. The maximum atomic E-state index is 13.6. The Bertz CT molecular complexity index is 5870. The number of aliphatic hydroxyl groups excluding tert-OH is 9. The van der Waals surface area contributed by atoms with E-state index in [9.17, 15) is 54.7 Å². The molecule has 8 aromatic carbocycles. The Hall–Kier alpha value is -12.0. The third kappa shape index (κ3) is 13.5. The third-order valence-corrected chi connectivity index (χ3v) is 30.5. The highest BCUT2D eigenvalue weighted by molar-refractivity contribution is 6.12. The summed E-state index contributed by atoms with van der Waals surface area (Å²) in [5, 5.41) is 110. The van der Waals surface area contributed by atoms with Crippen LogP contribution in [0.4, 0.5) is 31.5 Å². The van der Waals surface area contributed by atoms with Gasteiger partial charge in [-0.15, -0.1) is 0 Å². The molecule has 8 aliphatic heterocycles. The second kappa shape index (κ2) is 32.1. The molecule has 27 heteroatoms. The van der Waals surface area contributed by atoms with E-state index in [0.29, 0.717) is 0 Å². The molecule has 28 atom stereocenters. The van der Waals surface area contributed by atoms with Crippen molar-refractivity contribution in [3.63, 3.8) is 0 Å². The van der Waals surface area contributed by atoms with Gasteiger partial charge in [0.2, 0.25) is 0 Å². The number of aliphatic imine (C=N–C) groups is 8.